The fourth-order valence-corrected chi connectivity index (χ4v) is 3.02. The Labute approximate surface area is 177 Å². The lowest BCUT2D eigenvalue weighted by molar-refractivity contribution is 0.0696. The van der Waals surface area contributed by atoms with Gasteiger partial charge in [-0.15, -0.1) is 0 Å². The van der Waals surface area contributed by atoms with Crippen LogP contribution in [0.1, 0.15) is 20.8 Å². The quantitative estimate of drug-likeness (QED) is 0.597. The van der Waals surface area contributed by atoms with Crippen LogP contribution < -0.4 is 20.3 Å². The summed E-state index contributed by atoms with van der Waals surface area (Å²) >= 11 is 0. The van der Waals surface area contributed by atoms with Crippen molar-refractivity contribution in [1.82, 2.24) is 4.98 Å². The first-order valence-corrected chi connectivity index (χ1v) is 9.43. The van der Waals surface area contributed by atoms with Crippen molar-refractivity contribution in [1.29, 1.82) is 0 Å². The standard InChI is InChI=1S/C22H18N4O5/c27-20(23-16-8-6-14(7-9-16)21(28)29)17-10-11-18-19(25-17)26(12-13-31-18)22(30)24-15-4-2-1-3-5-15/h1-11H,12-13H2,(H,23,27)(H,24,30)(H,28,29). The maximum absolute atomic E-state index is 12.8. The number of rotatable bonds is 4. The number of carbonyl (C=O) groups is 3. The van der Waals surface area contributed by atoms with Gasteiger partial charge in [-0.05, 0) is 48.5 Å². The molecule has 0 aliphatic carbocycles. The summed E-state index contributed by atoms with van der Waals surface area (Å²) in [5.74, 6) is -0.909. The highest BCUT2D eigenvalue weighted by molar-refractivity contribution is 6.05. The highest BCUT2D eigenvalue weighted by atomic mass is 16.5. The summed E-state index contributed by atoms with van der Waals surface area (Å²) < 4.78 is 5.57. The summed E-state index contributed by atoms with van der Waals surface area (Å²) in [6, 6.07) is 17.5. The van der Waals surface area contributed by atoms with Crippen molar-refractivity contribution in [3.63, 3.8) is 0 Å². The van der Waals surface area contributed by atoms with Crippen LogP contribution in [-0.2, 0) is 0 Å². The van der Waals surface area contributed by atoms with Crippen LogP contribution >= 0.6 is 0 Å². The molecule has 156 valence electrons. The number of nitrogens with zero attached hydrogens (tertiary/aromatic N) is 2. The summed E-state index contributed by atoms with van der Waals surface area (Å²) in [4.78, 5) is 42.1. The van der Waals surface area contributed by atoms with Crippen molar-refractivity contribution in [2.45, 2.75) is 0 Å². The average molecular weight is 418 g/mol. The molecule has 1 aliphatic rings. The molecule has 1 aliphatic heterocycles. The van der Waals surface area contributed by atoms with Gasteiger partial charge < -0.3 is 20.5 Å². The van der Waals surface area contributed by atoms with Crippen LogP contribution in [0.4, 0.5) is 22.0 Å². The molecule has 31 heavy (non-hydrogen) atoms. The second kappa shape index (κ2) is 8.54. The fourth-order valence-electron chi connectivity index (χ4n) is 3.02. The van der Waals surface area contributed by atoms with E-state index < -0.39 is 11.9 Å². The number of hydrogen-bond donors (Lipinski definition) is 3. The van der Waals surface area contributed by atoms with Gasteiger partial charge in [-0.1, -0.05) is 18.2 Å². The maximum atomic E-state index is 12.8. The summed E-state index contributed by atoms with van der Waals surface area (Å²) in [6.45, 7) is 0.582. The zero-order valence-corrected chi connectivity index (χ0v) is 16.2. The van der Waals surface area contributed by atoms with Crippen LogP contribution in [0.3, 0.4) is 0 Å². The van der Waals surface area contributed by atoms with E-state index >= 15 is 0 Å². The molecule has 3 N–H and O–H groups in total. The topological polar surface area (TPSA) is 121 Å². The van der Waals surface area contributed by atoms with Crippen LogP contribution in [0.2, 0.25) is 0 Å². The van der Waals surface area contributed by atoms with E-state index in [9.17, 15) is 14.4 Å². The predicted molar refractivity (Wildman–Crippen MR) is 114 cm³/mol. The molecule has 9 heteroatoms. The van der Waals surface area contributed by atoms with E-state index in [1.165, 1.54) is 35.2 Å². The molecule has 3 aromatic rings. The van der Waals surface area contributed by atoms with E-state index in [0.717, 1.165) is 0 Å². The van der Waals surface area contributed by atoms with Gasteiger partial charge in [0, 0.05) is 11.4 Å². The van der Waals surface area contributed by atoms with E-state index in [2.05, 4.69) is 15.6 Å². The molecule has 0 saturated carbocycles. The fraction of sp³-hybridized carbons (Fsp3) is 0.0909. The van der Waals surface area contributed by atoms with Crippen molar-refractivity contribution < 1.29 is 24.2 Å². The van der Waals surface area contributed by atoms with Crippen LogP contribution in [0, 0.1) is 0 Å². The Hall–Kier alpha value is -4.40. The molecule has 0 fully saturated rings. The molecule has 2 aromatic carbocycles. The largest absolute Gasteiger partial charge is 0.488 e. The number of ether oxygens (including phenoxy) is 1. The average Bonchev–Trinajstić information content (AvgIpc) is 2.79. The number of hydrogen-bond acceptors (Lipinski definition) is 5. The number of urea groups is 1. The molecular formula is C22H18N4O5. The monoisotopic (exact) mass is 418 g/mol. The summed E-state index contributed by atoms with van der Waals surface area (Å²) in [5.41, 5.74) is 1.26. The molecule has 0 unspecified atom stereocenters. The SMILES string of the molecule is O=C(O)c1ccc(NC(=O)c2ccc3c(n2)N(C(=O)Nc2ccccc2)CCO3)cc1. The number of nitrogens with one attached hydrogen (secondary N) is 2. The Morgan fingerprint density at radius 2 is 1.61 bits per heavy atom. The number of fused-ring (bicyclic) bond motifs is 1. The first-order chi connectivity index (χ1) is 15.0. The second-order valence-electron chi connectivity index (χ2n) is 6.65. The van der Waals surface area contributed by atoms with Crippen LogP contribution in [0.25, 0.3) is 0 Å². The Bertz CT molecular complexity index is 1130. The smallest absolute Gasteiger partial charge is 0.335 e. The van der Waals surface area contributed by atoms with Crippen LogP contribution in [0.15, 0.2) is 66.7 Å². The Kier molecular flexibility index (Phi) is 5.48. The van der Waals surface area contributed by atoms with Crippen molar-refractivity contribution in [3.05, 3.63) is 78.0 Å². The van der Waals surface area contributed by atoms with Gasteiger partial charge >= 0.3 is 12.0 Å². The van der Waals surface area contributed by atoms with E-state index in [0.29, 0.717) is 23.7 Å². The number of amides is 3. The zero-order chi connectivity index (χ0) is 21.8. The summed E-state index contributed by atoms with van der Waals surface area (Å²) in [6.07, 6.45) is 0. The lowest BCUT2D eigenvalue weighted by Crippen LogP contribution is -2.41. The molecule has 9 nitrogen and oxygen atoms in total. The number of anilines is 3. The summed E-state index contributed by atoms with van der Waals surface area (Å²) in [7, 11) is 0. The first kappa shape index (κ1) is 19.9. The van der Waals surface area contributed by atoms with E-state index in [-0.39, 0.29) is 29.7 Å². The number of aromatic carboxylic acids is 1. The molecule has 0 saturated heterocycles. The Morgan fingerprint density at radius 3 is 2.32 bits per heavy atom. The highest BCUT2D eigenvalue weighted by Gasteiger charge is 2.26. The number of carboxylic acids is 1. The first-order valence-electron chi connectivity index (χ1n) is 9.43. The maximum Gasteiger partial charge on any atom is 0.335 e. The zero-order valence-electron chi connectivity index (χ0n) is 16.2. The number of carbonyl (C=O) groups excluding carboxylic acids is 2. The van der Waals surface area contributed by atoms with Crippen molar-refractivity contribution in [2.24, 2.45) is 0 Å². The molecule has 0 spiro atoms. The number of aromatic nitrogens is 1. The number of pyridine rings is 1. The second-order valence-corrected chi connectivity index (χ2v) is 6.65. The minimum absolute atomic E-state index is 0.0871. The molecule has 2 heterocycles. The van der Waals surface area contributed by atoms with Gasteiger partial charge in [-0.2, -0.15) is 0 Å². The van der Waals surface area contributed by atoms with Gasteiger partial charge in [0.05, 0.1) is 12.1 Å². The van der Waals surface area contributed by atoms with Crippen molar-refractivity contribution in [3.8, 4) is 5.75 Å². The molecule has 0 radical (unpaired) electrons. The Balaban J connectivity index is 1.53. The van der Waals surface area contributed by atoms with E-state index in [1.54, 1.807) is 18.2 Å². The normalized spacial score (nSPS) is 12.3. The predicted octanol–water partition coefficient (Wildman–Crippen LogP) is 3.46. The van der Waals surface area contributed by atoms with Gasteiger partial charge in [0.1, 0.15) is 12.3 Å². The number of benzene rings is 2. The van der Waals surface area contributed by atoms with Gasteiger partial charge in [0.2, 0.25) is 0 Å². The van der Waals surface area contributed by atoms with Gasteiger partial charge in [0.15, 0.2) is 11.6 Å². The molecule has 0 atom stereocenters. The summed E-state index contributed by atoms with van der Waals surface area (Å²) in [5, 5.41) is 14.4. The number of carboxylic acid groups (broad SMARTS) is 1. The third-order valence-electron chi connectivity index (χ3n) is 4.56. The molecule has 4 rings (SSSR count). The lowest BCUT2D eigenvalue weighted by atomic mass is 10.2. The van der Waals surface area contributed by atoms with Crippen molar-refractivity contribution in [2.75, 3.05) is 28.7 Å². The van der Waals surface area contributed by atoms with Gasteiger partial charge in [-0.25, -0.2) is 14.6 Å². The van der Waals surface area contributed by atoms with Crippen LogP contribution in [-0.4, -0.2) is 41.1 Å². The molecule has 3 amide bonds. The third-order valence-corrected chi connectivity index (χ3v) is 4.56. The minimum Gasteiger partial charge on any atom is -0.488 e. The van der Waals surface area contributed by atoms with E-state index in [1.807, 2.05) is 18.2 Å². The molecule has 1 aromatic heterocycles. The van der Waals surface area contributed by atoms with Crippen LogP contribution in [0.5, 0.6) is 5.75 Å². The van der Waals surface area contributed by atoms with E-state index in [4.69, 9.17) is 9.84 Å². The molecular weight excluding hydrogens is 400 g/mol. The third kappa shape index (κ3) is 4.45. The Morgan fingerprint density at radius 1 is 0.903 bits per heavy atom. The highest BCUT2D eigenvalue weighted by Crippen LogP contribution is 2.30. The van der Waals surface area contributed by atoms with Gasteiger partial charge in [-0.3, -0.25) is 9.69 Å². The van der Waals surface area contributed by atoms with Crippen molar-refractivity contribution >= 4 is 35.1 Å². The minimum atomic E-state index is -1.05. The molecule has 0 bridgehead atoms. The lowest BCUT2D eigenvalue weighted by Gasteiger charge is -2.28. The number of para-hydroxylation sites is 1. The van der Waals surface area contributed by atoms with Gasteiger partial charge in [0.25, 0.3) is 5.91 Å².